The highest BCUT2D eigenvalue weighted by Gasteiger charge is 2.46. The van der Waals surface area contributed by atoms with Crippen molar-refractivity contribution in [1.29, 1.82) is 5.26 Å². The van der Waals surface area contributed by atoms with Gasteiger partial charge in [0.25, 0.3) is 0 Å². The highest BCUT2D eigenvalue weighted by molar-refractivity contribution is 7.84. The molecule has 0 amide bonds. The molecule has 3 aromatic carbocycles. The Morgan fingerprint density at radius 3 is 2.24 bits per heavy atom. The first-order valence-corrected chi connectivity index (χ1v) is 12.5. The van der Waals surface area contributed by atoms with E-state index in [4.69, 9.17) is 5.14 Å². The van der Waals surface area contributed by atoms with Crippen molar-refractivity contribution >= 4 is 11.0 Å². The molecule has 0 aliphatic rings. The predicted molar refractivity (Wildman–Crippen MR) is 131 cm³/mol. The third kappa shape index (κ3) is 6.37. The van der Waals surface area contributed by atoms with E-state index in [1.165, 1.54) is 12.1 Å². The van der Waals surface area contributed by atoms with E-state index in [-0.39, 0.29) is 29.5 Å². The summed E-state index contributed by atoms with van der Waals surface area (Å²) in [6.45, 7) is 3.14. The van der Waals surface area contributed by atoms with Gasteiger partial charge in [-0.05, 0) is 67.6 Å². The molecule has 0 heterocycles. The Balaban J connectivity index is 2.38. The maximum atomic E-state index is 14.9. The zero-order valence-corrected chi connectivity index (χ0v) is 21.2. The van der Waals surface area contributed by atoms with Crippen molar-refractivity contribution in [2.75, 3.05) is 0 Å². The standard InChI is InChI=1S/C27H24F6N2O2S/c1-25(2,38(35)36)16-26(14-17-6-4-3-5-7-17,19-8-9-23(29)18(10-19)15-34)20-11-21(28)13-22(12-20)37-27(32,33)24(30)31/h3-13,24H,14,16,35H2,1-2H3/t26-,38?/m0/s1. The van der Waals surface area contributed by atoms with E-state index in [1.54, 1.807) is 50.2 Å². The van der Waals surface area contributed by atoms with Crippen LogP contribution in [0.25, 0.3) is 0 Å². The van der Waals surface area contributed by atoms with Gasteiger partial charge in [0.1, 0.15) is 23.5 Å². The van der Waals surface area contributed by atoms with Gasteiger partial charge in [-0.25, -0.2) is 13.0 Å². The van der Waals surface area contributed by atoms with Crippen LogP contribution in [0.5, 0.6) is 5.75 Å². The van der Waals surface area contributed by atoms with Gasteiger partial charge in [-0.15, -0.1) is 0 Å². The topological polar surface area (TPSA) is 76.1 Å². The molecule has 4 nitrogen and oxygen atoms in total. The van der Waals surface area contributed by atoms with E-state index in [9.17, 15) is 35.8 Å². The Kier molecular flexibility index (Phi) is 8.58. The van der Waals surface area contributed by atoms with Crippen molar-refractivity contribution in [1.82, 2.24) is 0 Å². The number of hydrogen-bond acceptors (Lipinski definition) is 3. The van der Waals surface area contributed by atoms with E-state index in [0.717, 1.165) is 18.2 Å². The van der Waals surface area contributed by atoms with E-state index in [1.807, 2.05) is 0 Å². The molecule has 3 rings (SSSR count). The van der Waals surface area contributed by atoms with E-state index in [0.29, 0.717) is 11.6 Å². The number of nitrogens with zero attached hydrogens (tertiary/aromatic N) is 1. The third-order valence-corrected chi connectivity index (χ3v) is 7.43. The fraction of sp³-hybridized carbons (Fsp3) is 0.296. The van der Waals surface area contributed by atoms with Gasteiger partial charge in [-0.3, -0.25) is 5.14 Å². The molecule has 0 saturated carbocycles. The van der Waals surface area contributed by atoms with Crippen LogP contribution in [0.3, 0.4) is 0 Å². The van der Waals surface area contributed by atoms with E-state index >= 15 is 0 Å². The van der Waals surface area contributed by atoms with Gasteiger partial charge < -0.3 is 4.74 Å². The normalized spacial score (nSPS) is 14.6. The van der Waals surface area contributed by atoms with Crippen LogP contribution in [-0.2, 0) is 22.8 Å². The van der Waals surface area contributed by atoms with Crippen LogP contribution in [0.15, 0.2) is 66.7 Å². The van der Waals surface area contributed by atoms with Crippen molar-refractivity contribution < 1.29 is 35.3 Å². The van der Waals surface area contributed by atoms with Crippen molar-refractivity contribution in [2.45, 2.75) is 49.4 Å². The van der Waals surface area contributed by atoms with Crippen LogP contribution in [0.2, 0.25) is 0 Å². The zero-order valence-electron chi connectivity index (χ0n) is 20.4. The second-order valence-electron chi connectivity index (χ2n) is 9.42. The molecule has 1 unspecified atom stereocenters. The van der Waals surface area contributed by atoms with Gasteiger partial charge in [-0.1, -0.05) is 36.4 Å². The van der Waals surface area contributed by atoms with Crippen LogP contribution in [0.4, 0.5) is 26.3 Å². The Hall–Kier alpha value is -3.36. The number of halogens is 6. The van der Waals surface area contributed by atoms with Crippen molar-refractivity contribution in [3.8, 4) is 11.8 Å². The van der Waals surface area contributed by atoms with Crippen molar-refractivity contribution in [3.05, 3.63) is 101 Å². The lowest BCUT2D eigenvalue weighted by molar-refractivity contribution is -0.253. The predicted octanol–water partition coefficient (Wildman–Crippen LogP) is 6.39. The highest BCUT2D eigenvalue weighted by Crippen LogP contribution is 2.45. The number of ether oxygens (including phenoxy) is 1. The molecular formula is C27H24F6N2O2S. The zero-order chi connectivity index (χ0) is 28.3. The summed E-state index contributed by atoms with van der Waals surface area (Å²) in [5, 5.41) is 15.2. The van der Waals surface area contributed by atoms with Crippen LogP contribution < -0.4 is 9.88 Å². The molecule has 38 heavy (non-hydrogen) atoms. The lowest BCUT2D eigenvalue weighted by Gasteiger charge is -2.41. The minimum absolute atomic E-state index is 0.0181. The SMILES string of the molecule is CC(C)(C[C@](Cc1ccccc1)(c1cc(F)cc(OC(F)(F)C(F)F)c1)c1ccc(F)c(C#N)c1)S(N)=O. The average molecular weight is 555 g/mol. The Morgan fingerprint density at radius 2 is 1.66 bits per heavy atom. The lowest BCUT2D eigenvalue weighted by Crippen LogP contribution is -2.43. The number of hydrogen-bond donors (Lipinski definition) is 1. The Morgan fingerprint density at radius 1 is 1.00 bits per heavy atom. The molecule has 11 heteroatoms. The summed E-state index contributed by atoms with van der Waals surface area (Å²) in [4.78, 5) is 0. The molecular weight excluding hydrogens is 530 g/mol. The molecule has 0 bridgehead atoms. The molecule has 0 aromatic heterocycles. The number of alkyl halides is 4. The fourth-order valence-corrected chi connectivity index (χ4v) is 4.78. The van der Waals surface area contributed by atoms with Crippen LogP contribution in [-0.4, -0.2) is 21.5 Å². The molecule has 0 aliphatic carbocycles. The quantitative estimate of drug-likeness (QED) is 0.295. The smallest absolute Gasteiger partial charge is 0.428 e. The van der Waals surface area contributed by atoms with E-state index < -0.39 is 51.1 Å². The molecule has 2 atom stereocenters. The number of rotatable bonds is 10. The summed E-state index contributed by atoms with van der Waals surface area (Å²) < 4.78 is 97.9. The second-order valence-corrected chi connectivity index (χ2v) is 11.1. The monoisotopic (exact) mass is 554 g/mol. The molecule has 0 radical (unpaired) electrons. The summed E-state index contributed by atoms with van der Waals surface area (Å²) >= 11 is 0. The van der Waals surface area contributed by atoms with Crippen LogP contribution >= 0.6 is 0 Å². The first kappa shape index (κ1) is 29.2. The summed E-state index contributed by atoms with van der Waals surface area (Å²) in [5.74, 6) is -2.78. The van der Waals surface area contributed by atoms with Gasteiger partial charge in [0.05, 0.1) is 21.3 Å². The number of benzene rings is 3. The molecule has 0 spiro atoms. The summed E-state index contributed by atoms with van der Waals surface area (Å²) in [7, 11) is -1.96. The van der Waals surface area contributed by atoms with Crippen LogP contribution in [0.1, 0.15) is 42.5 Å². The maximum Gasteiger partial charge on any atom is 0.461 e. The minimum atomic E-state index is -4.91. The molecule has 0 fully saturated rings. The van der Waals surface area contributed by atoms with Gasteiger partial charge in [0, 0.05) is 11.5 Å². The molecule has 202 valence electrons. The van der Waals surface area contributed by atoms with Crippen molar-refractivity contribution in [2.24, 2.45) is 5.14 Å². The van der Waals surface area contributed by atoms with Crippen molar-refractivity contribution in [3.63, 3.8) is 0 Å². The summed E-state index contributed by atoms with van der Waals surface area (Å²) in [6, 6.07) is 16.5. The second kappa shape index (κ2) is 11.2. The molecule has 0 aliphatic heterocycles. The number of nitrogens with two attached hydrogens (primary N) is 1. The molecule has 3 aromatic rings. The number of nitriles is 1. The van der Waals surface area contributed by atoms with Gasteiger partial charge in [-0.2, -0.15) is 22.8 Å². The van der Waals surface area contributed by atoms with Crippen LogP contribution in [0, 0.1) is 23.0 Å². The first-order valence-electron chi connectivity index (χ1n) is 11.3. The van der Waals surface area contributed by atoms with E-state index in [2.05, 4.69) is 4.74 Å². The third-order valence-electron chi connectivity index (χ3n) is 6.19. The first-order chi connectivity index (χ1) is 17.7. The summed E-state index contributed by atoms with van der Waals surface area (Å²) in [5.41, 5.74) is -0.896. The fourth-order valence-electron chi connectivity index (χ4n) is 4.39. The lowest BCUT2D eigenvalue weighted by atomic mass is 9.65. The van der Waals surface area contributed by atoms with Gasteiger partial charge in [0.2, 0.25) is 0 Å². The van der Waals surface area contributed by atoms with Gasteiger partial charge >= 0.3 is 12.5 Å². The summed E-state index contributed by atoms with van der Waals surface area (Å²) in [6.07, 6.45) is -9.17. The largest absolute Gasteiger partial charge is 0.461 e. The molecule has 0 saturated heterocycles. The Labute approximate surface area is 218 Å². The maximum absolute atomic E-state index is 14.9. The highest BCUT2D eigenvalue weighted by atomic mass is 32.2. The average Bonchev–Trinajstić information content (AvgIpc) is 2.83. The molecule has 2 N–H and O–H groups in total. The van der Waals surface area contributed by atoms with Gasteiger partial charge in [0.15, 0.2) is 0 Å². The Bertz CT molecular complexity index is 1360. The minimum Gasteiger partial charge on any atom is -0.428 e.